The fourth-order valence-electron chi connectivity index (χ4n) is 6.28. The molecule has 0 fully saturated rings. The average Bonchev–Trinajstić information content (AvgIpc) is 3.17. The Bertz CT molecular complexity index is 2010. The van der Waals surface area contributed by atoms with E-state index in [2.05, 4.69) is 13.8 Å². The van der Waals surface area contributed by atoms with E-state index in [0.717, 1.165) is 71.2 Å². The molecule has 55 heavy (non-hydrogen) atoms. The van der Waals surface area contributed by atoms with E-state index in [9.17, 15) is 9.59 Å². The molecule has 0 radical (unpaired) electrons. The van der Waals surface area contributed by atoms with Crippen LogP contribution in [-0.2, 0) is 19.1 Å². The highest BCUT2D eigenvalue weighted by molar-refractivity contribution is 6.31. The van der Waals surface area contributed by atoms with Gasteiger partial charge in [0.2, 0.25) is 0 Å². The molecule has 0 bridgehead atoms. The summed E-state index contributed by atoms with van der Waals surface area (Å²) in [6, 6.07) is 28.8. The minimum Gasteiger partial charge on any atom is -0.490 e. The molecule has 5 aromatic rings. The molecular weight excluding hydrogens is 716 g/mol. The van der Waals surface area contributed by atoms with Crippen molar-refractivity contribution in [1.82, 2.24) is 0 Å². The first-order chi connectivity index (χ1) is 26.7. The number of aryl methyl sites for hydroxylation is 2. The summed E-state index contributed by atoms with van der Waals surface area (Å²) in [6.45, 7) is 8.52. The predicted octanol–water partition coefficient (Wildman–Crippen LogP) is 11.2. The van der Waals surface area contributed by atoms with Gasteiger partial charge in [0.25, 0.3) is 0 Å². The molecule has 9 heteroatoms. The Hall–Kier alpha value is -4.95. The van der Waals surface area contributed by atoms with E-state index in [4.69, 9.17) is 40.0 Å². The lowest BCUT2D eigenvalue weighted by molar-refractivity contribution is -0.153. The standard InChI is InChI=1S/C46H53ClO8/c1-5-7-9-21-43(48)54-37(28-50-35-17-13-15-32(3)25-35)30-52-45-39-19-11-12-20-40(39)46(42-27-34(47)23-24-41(42)45)53-31-38(55-44(49)22-10-8-6-2)29-51-36-18-14-16-33(4)26-36/h11-20,23-27,37-38H,5-10,21-22,28-31H2,1-4H3. The van der Waals surface area contributed by atoms with E-state index in [0.29, 0.717) is 40.9 Å². The van der Waals surface area contributed by atoms with Crippen molar-refractivity contribution in [3.63, 3.8) is 0 Å². The minimum absolute atomic E-state index is 0.0451. The Balaban J connectivity index is 1.42. The molecule has 5 aromatic carbocycles. The molecule has 5 rings (SSSR count). The third kappa shape index (κ3) is 12.5. The van der Waals surface area contributed by atoms with E-state index < -0.39 is 12.2 Å². The predicted molar refractivity (Wildman–Crippen MR) is 219 cm³/mol. The Morgan fingerprint density at radius 2 is 0.982 bits per heavy atom. The van der Waals surface area contributed by atoms with Crippen LogP contribution in [0.3, 0.4) is 0 Å². The second-order valence-corrected chi connectivity index (χ2v) is 14.3. The Labute approximate surface area is 330 Å². The van der Waals surface area contributed by atoms with Crippen molar-refractivity contribution >= 4 is 45.1 Å². The van der Waals surface area contributed by atoms with Gasteiger partial charge in [0.05, 0.1) is 0 Å². The van der Waals surface area contributed by atoms with Crippen molar-refractivity contribution in [2.24, 2.45) is 0 Å². The zero-order valence-electron chi connectivity index (χ0n) is 32.4. The molecule has 0 aliphatic rings. The second kappa shape index (κ2) is 21.2. The summed E-state index contributed by atoms with van der Waals surface area (Å²) in [5, 5.41) is 3.58. The van der Waals surface area contributed by atoms with Gasteiger partial charge in [-0.2, -0.15) is 0 Å². The van der Waals surface area contributed by atoms with Crippen LogP contribution in [0.2, 0.25) is 5.02 Å². The van der Waals surface area contributed by atoms with Gasteiger partial charge < -0.3 is 28.4 Å². The maximum atomic E-state index is 12.9. The molecule has 2 unspecified atom stereocenters. The molecular formula is C46H53ClO8. The molecule has 0 aromatic heterocycles. The quantitative estimate of drug-likeness (QED) is 0.0391. The van der Waals surface area contributed by atoms with E-state index in [1.165, 1.54) is 0 Å². The summed E-state index contributed by atoms with van der Waals surface area (Å²) in [4.78, 5) is 25.8. The molecule has 0 spiro atoms. The number of hydrogen-bond acceptors (Lipinski definition) is 8. The van der Waals surface area contributed by atoms with E-state index >= 15 is 0 Å². The summed E-state index contributed by atoms with van der Waals surface area (Å²) in [5.74, 6) is 1.97. The third-order valence-electron chi connectivity index (χ3n) is 9.13. The van der Waals surface area contributed by atoms with Gasteiger partial charge in [-0.15, -0.1) is 0 Å². The number of rotatable bonds is 22. The van der Waals surface area contributed by atoms with E-state index in [-0.39, 0.29) is 38.4 Å². The van der Waals surface area contributed by atoms with Crippen LogP contribution in [0.15, 0.2) is 91.0 Å². The van der Waals surface area contributed by atoms with Crippen LogP contribution in [0.5, 0.6) is 23.0 Å². The van der Waals surface area contributed by atoms with Gasteiger partial charge in [0, 0.05) is 39.4 Å². The van der Waals surface area contributed by atoms with Crippen LogP contribution in [0.25, 0.3) is 21.5 Å². The second-order valence-electron chi connectivity index (χ2n) is 13.9. The van der Waals surface area contributed by atoms with Crippen LogP contribution < -0.4 is 18.9 Å². The smallest absolute Gasteiger partial charge is 0.306 e. The normalized spacial score (nSPS) is 12.2. The molecule has 2 atom stereocenters. The summed E-state index contributed by atoms with van der Waals surface area (Å²) in [5.41, 5.74) is 2.13. The Kier molecular flexibility index (Phi) is 15.9. The Morgan fingerprint density at radius 1 is 0.527 bits per heavy atom. The van der Waals surface area contributed by atoms with Crippen molar-refractivity contribution in [1.29, 1.82) is 0 Å². The highest BCUT2D eigenvalue weighted by Gasteiger charge is 2.23. The monoisotopic (exact) mass is 768 g/mol. The van der Waals surface area contributed by atoms with Crippen molar-refractivity contribution in [2.75, 3.05) is 26.4 Å². The van der Waals surface area contributed by atoms with Crippen LogP contribution in [0, 0.1) is 13.8 Å². The van der Waals surface area contributed by atoms with Gasteiger partial charge in [-0.25, -0.2) is 0 Å². The third-order valence-corrected chi connectivity index (χ3v) is 9.37. The molecule has 0 aliphatic heterocycles. The highest BCUT2D eigenvalue weighted by Crippen LogP contribution is 2.44. The number of ether oxygens (including phenoxy) is 6. The van der Waals surface area contributed by atoms with E-state index in [1.807, 2.05) is 98.8 Å². The van der Waals surface area contributed by atoms with Gasteiger partial charge in [0.1, 0.15) is 49.4 Å². The maximum absolute atomic E-state index is 12.9. The number of carbonyl (C=O) groups is 2. The zero-order valence-corrected chi connectivity index (χ0v) is 33.2. The minimum atomic E-state index is -0.681. The number of unbranched alkanes of at least 4 members (excludes halogenated alkanes) is 4. The molecule has 292 valence electrons. The summed E-state index contributed by atoms with van der Waals surface area (Å²) >= 11 is 6.60. The van der Waals surface area contributed by atoms with Crippen LogP contribution in [0.4, 0.5) is 0 Å². The molecule has 0 heterocycles. The SMILES string of the molecule is CCCCCC(=O)OC(COc1cccc(C)c1)COc1c2ccccc2c(OCC(COc2cccc(C)c2)OC(=O)CCCCC)c2cc(Cl)ccc12. The molecule has 0 saturated carbocycles. The van der Waals surface area contributed by atoms with Crippen molar-refractivity contribution < 1.29 is 38.0 Å². The van der Waals surface area contributed by atoms with Crippen molar-refractivity contribution in [2.45, 2.75) is 91.3 Å². The summed E-state index contributed by atoms with van der Waals surface area (Å²) < 4.78 is 37.3. The molecule has 8 nitrogen and oxygen atoms in total. The fraction of sp³-hybridized carbons (Fsp3) is 0.391. The van der Waals surface area contributed by atoms with E-state index in [1.54, 1.807) is 6.07 Å². The van der Waals surface area contributed by atoms with Crippen LogP contribution in [0.1, 0.15) is 76.3 Å². The summed E-state index contributed by atoms with van der Waals surface area (Å²) in [6.07, 6.45) is 4.73. The highest BCUT2D eigenvalue weighted by atomic mass is 35.5. The zero-order chi connectivity index (χ0) is 39.0. The number of hydrogen-bond donors (Lipinski definition) is 0. The Morgan fingerprint density at radius 3 is 1.45 bits per heavy atom. The average molecular weight is 769 g/mol. The molecule has 0 N–H and O–H groups in total. The molecule has 0 amide bonds. The fourth-order valence-corrected chi connectivity index (χ4v) is 6.46. The number of carbonyl (C=O) groups excluding carboxylic acids is 2. The summed E-state index contributed by atoms with van der Waals surface area (Å²) in [7, 11) is 0. The van der Waals surface area contributed by atoms with Crippen LogP contribution >= 0.6 is 11.6 Å². The number of benzene rings is 5. The number of halogens is 1. The first-order valence-electron chi connectivity index (χ1n) is 19.4. The molecule has 0 aliphatic carbocycles. The van der Waals surface area contributed by atoms with Gasteiger partial charge in [0.15, 0.2) is 12.2 Å². The lowest BCUT2D eigenvalue weighted by Gasteiger charge is -2.23. The van der Waals surface area contributed by atoms with Gasteiger partial charge in [-0.05, 0) is 80.3 Å². The van der Waals surface area contributed by atoms with Gasteiger partial charge >= 0.3 is 11.9 Å². The number of esters is 2. The maximum Gasteiger partial charge on any atom is 0.306 e. The first-order valence-corrected chi connectivity index (χ1v) is 19.8. The van der Waals surface area contributed by atoms with Crippen molar-refractivity contribution in [3.05, 3.63) is 107 Å². The largest absolute Gasteiger partial charge is 0.490 e. The lowest BCUT2D eigenvalue weighted by atomic mass is 10.0. The molecule has 0 saturated heterocycles. The number of fused-ring (bicyclic) bond motifs is 2. The topological polar surface area (TPSA) is 89.5 Å². The van der Waals surface area contributed by atoms with Gasteiger partial charge in [-0.3, -0.25) is 9.59 Å². The first kappa shape index (κ1) is 41.2. The lowest BCUT2D eigenvalue weighted by Crippen LogP contribution is -2.31. The van der Waals surface area contributed by atoms with Crippen molar-refractivity contribution in [3.8, 4) is 23.0 Å². The van der Waals surface area contributed by atoms with Gasteiger partial charge in [-0.1, -0.05) is 99.7 Å². The van der Waals surface area contributed by atoms with Crippen LogP contribution in [-0.4, -0.2) is 50.6 Å².